The number of anilines is 6. The van der Waals surface area contributed by atoms with Crippen LogP contribution < -0.4 is 26.2 Å². The van der Waals surface area contributed by atoms with Crippen LogP contribution in [-0.4, -0.2) is 6.71 Å². The van der Waals surface area contributed by atoms with E-state index in [1.165, 1.54) is 112 Å². The van der Waals surface area contributed by atoms with Crippen molar-refractivity contribution in [1.29, 1.82) is 0 Å². The van der Waals surface area contributed by atoms with Gasteiger partial charge in [-0.3, -0.25) is 0 Å². The highest BCUT2D eigenvalue weighted by molar-refractivity contribution is 7.00. The van der Waals surface area contributed by atoms with Crippen molar-refractivity contribution < 1.29 is 0 Å². The molecule has 2 nitrogen and oxygen atoms in total. The smallest absolute Gasteiger partial charge is 0.252 e. The van der Waals surface area contributed by atoms with Crippen LogP contribution in [0.5, 0.6) is 0 Å². The Bertz CT molecular complexity index is 3140. The first-order chi connectivity index (χ1) is 30.7. The summed E-state index contributed by atoms with van der Waals surface area (Å²) >= 11 is 0. The van der Waals surface area contributed by atoms with Gasteiger partial charge < -0.3 is 9.80 Å². The fraction of sp³-hybridized carbons (Fsp3) is 0.213. The topological polar surface area (TPSA) is 6.48 Å². The van der Waals surface area contributed by atoms with Gasteiger partial charge in [-0.15, -0.1) is 0 Å². The highest BCUT2D eigenvalue weighted by Gasteiger charge is 2.48. The second-order valence-electron chi connectivity index (χ2n) is 21.1. The Labute approximate surface area is 381 Å². The van der Waals surface area contributed by atoms with Crippen molar-refractivity contribution in [3.8, 4) is 33.4 Å². The highest BCUT2D eigenvalue weighted by atomic mass is 15.2. The van der Waals surface area contributed by atoms with Gasteiger partial charge in [0.2, 0.25) is 0 Å². The zero-order valence-corrected chi connectivity index (χ0v) is 38.8. The van der Waals surface area contributed by atoms with Crippen molar-refractivity contribution in [2.45, 2.75) is 85.0 Å². The van der Waals surface area contributed by atoms with Crippen LogP contribution >= 0.6 is 0 Å². The molecule has 0 amide bonds. The van der Waals surface area contributed by atoms with Gasteiger partial charge in [0, 0.05) is 34.0 Å². The Kier molecular flexibility index (Phi) is 9.10. The van der Waals surface area contributed by atoms with Crippen molar-refractivity contribution in [3.63, 3.8) is 0 Å². The molecule has 0 aromatic heterocycles. The van der Waals surface area contributed by atoms with Crippen molar-refractivity contribution in [2.75, 3.05) is 9.80 Å². The molecule has 0 N–H and O–H groups in total. The number of nitrogens with zero attached hydrogens (tertiary/aromatic N) is 2. The largest absolute Gasteiger partial charge is 0.311 e. The Morgan fingerprint density at radius 2 is 0.953 bits per heavy atom. The Balaban J connectivity index is 1.24. The normalized spacial score (nSPS) is 15.4. The molecule has 8 aromatic carbocycles. The van der Waals surface area contributed by atoms with Crippen molar-refractivity contribution >= 4 is 57.2 Å². The molecule has 8 aromatic rings. The number of hydrogen-bond donors (Lipinski definition) is 0. The van der Waals surface area contributed by atoms with Gasteiger partial charge in [-0.1, -0.05) is 170 Å². The van der Waals surface area contributed by atoms with Gasteiger partial charge >= 0.3 is 0 Å². The van der Waals surface area contributed by atoms with Crippen LogP contribution in [0.4, 0.5) is 34.1 Å². The fourth-order valence-corrected chi connectivity index (χ4v) is 11.7. The maximum absolute atomic E-state index is 2.63. The van der Waals surface area contributed by atoms with Gasteiger partial charge in [0.1, 0.15) is 0 Å². The third-order valence-corrected chi connectivity index (χ3v) is 14.5. The standard InChI is InChI=1S/C61H57BN2/c1-39-31-56-58-57(32-39)64(53-30-27-46(59(3,4)5)35-47(53)43-23-17-12-18-24-43)54-34-45(42-21-15-11-16-22-42)25-28-50(54)62(58)51-36-48-49(61(8,9)38-60(48,6)7)37-55(51)63(56)52-29-26-44(33-40(52)2)41-19-13-10-14-20-41/h10-37H,38H2,1-9H3. The molecule has 0 atom stereocenters. The molecule has 0 saturated carbocycles. The first-order valence-electron chi connectivity index (χ1n) is 23.2. The summed E-state index contributed by atoms with van der Waals surface area (Å²) in [7, 11) is 0. The number of aryl methyl sites for hydroxylation is 2. The van der Waals surface area contributed by atoms with Crippen LogP contribution in [0.1, 0.15) is 82.7 Å². The third-order valence-electron chi connectivity index (χ3n) is 14.5. The summed E-state index contributed by atoms with van der Waals surface area (Å²) < 4.78 is 0. The molecule has 0 fully saturated rings. The lowest BCUT2D eigenvalue weighted by molar-refractivity contribution is 0.403. The van der Waals surface area contributed by atoms with E-state index >= 15 is 0 Å². The molecule has 0 unspecified atom stereocenters. The van der Waals surface area contributed by atoms with Crippen LogP contribution in [0.2, 0.25) is 0 Å². The lowest BCUT2D eigenvalue weighted by atomic mass is 9.33. The van der Waals surface area contributed by atoms with Gasteiger partial charge in [-0.05, 0) is 157 Å². The molecule has 0 saturated heterocycles. The lowest BCUT2D eigenvalue weighted by Crippen LogP contribution is -2.61. The zero-order chi connectivity index (χ0) is 44.3. The van der Waals surface area contributed by atoms with E-state index in [-0.39, 0.29) is 23.0 Å². The molecular weight excluding hydrogens is 771 g/mol. The number of hydrogen-bond acceptors (Lipinski definition) is 2. The first kappa shape index (κ1) is 40.2. The van der Waals surface area contributed by atoms with E-state index in [9.17, 15) is 0 Å². The van der Waals surface area contributed by atoms with E-state index < -0.39 is 0 Å². The van der Waals surface area contributed by atoms with Crippen molar-refractivity contribution in [1.82, 2.24) is 0 Å². The molecule has 0 radical (unpaired) electrons. The first-order valence-corrected chi connectivity index (χ1v) is 23.2. The molecule has 11 rings (SSSR count). The average molecular weight is 829 g/mol. The summed E-state index contributed by atoms with van der Waals surface area (Å²) in [4.78, 5) is 5.25. The zero-order valence-electron chi connectivity index (χ0n) is 38.8. The summed E-state index contributed by atoms with van der Waals surface area (Å²) in [6, 6.07) is 64.4. The van der Waals surface area contributed by atoms with Crippen LogP contribution in [0.15, 0.2) is 170 Å². The predicted molar refractivity (Wildman–Crippen MR) is 276 cm³/mol. The molecule has 2 aliphatic heterocycles. The minimum Gasteiger partial charge on any atom is -0.311 e. The van der Waals surface area contributed by atoms with Crippen LogP contribution in [0, 0.1) is 13.8 Å². The second-order valence-corrected chi connectivity index (χ2v) is 21.1. The molecule has 1 aliphatic carbocycles. The minimum absolute atomic E-state index is 0.0172. The molecule has 2 heterocycles. The number of fused-ring (bicyclic) bond motifs is 5. The highest BCUT2D eigenvalue weighted by Crippen LogP contribution is 2.53. The van der Waals surface area contributed by atoms with Gasteiger partial charge in [0.15, 0.2) is 0 Å². The van der Waals surface area contributed by atoms with E-state index in [2.05, 4.69) is 242 Å². The Hall–Kier alpha value is -6.58. The quantitative estimate of drug-likeness (QED) is 0.160. The molecular formula is C61H57BN2. The maximum atomic E-state index is 2.63. The summed E-state index contributed by atoms with van der Waals surface area (Å²) in [6.07, 6.45) is 1.11. The van der Waals surface area contributed by atoms with E-state index in [1.807, 2.05) is 0 Å². The van der Waals surface area contributed by atoms with Crippen LogP contribution in [0.25, 0.3) is 33.4 Å². The van der Waals surface area contributed by atoms with E-state index in [4.69, 9.17) is 0 Å². The summed E-state index contributed by atoms with van der Waals surface area (Å²) in [5.74, 6) is 0. The van der Waals surface area contributed by atoms with Gasteiger partial charge in [0.05, 0.1) is 5.69 Å². The van der Waals surface area contributed by atoms with Gasteiger partial charge in [-0.25, -0.2) is 0 Å². The molecule has 0 bridgehead atoms. The van der Waals surface area contributed by atoms with Crippen LogP contribution in [-0.2, 0) is 16.2 Å². The average Bonchev–Trinajstić information content (AvgIpc) is 3.47. The maximum Gasteiger partial charge on any atom is 0.252 e. The van der Waals surface area contributed by atoms with Gasteiger partial charge in [0.25, 0.3) is 6.71 Å². The minimum atomic E-state index is -0.0172. The monoisotopic (exact) mass is 828 g/mol. The number of benzene rings is 8. The molecule has 3 heteroatoms. The predicted octanol–water partition coefficient (Wildman–Crippen LogP) is 14.6. The van der Waals surface area contributed by atoms with Gasteiger partial charge in [-0.2, -0.15) is 0 Å². The fourth-order valence-electron chi connectivity index (χ4n) is 11.7. The summed E-state index contributed by atoms with van der Waals surface area (Å²) in [6.45, 7) is 21.4. The van der Waals surface area contributed by atoms with E-state index in [0.717, 1.165) is 6.42 Å². The second kappa shape index (κ2) is 14.5. The van der Waals surface area contributed by atoms with Crippen molar-refractivity contribution in [3.05, 3.63) is 198 Å². The van der Waals surface area contributed by atoms with Crippen molar-refractivity contribution in [2.24, 2.45) is 0 Å². The Morgan fingerprint density at radius 3 is 1.55 bits per heavy atom. The third kappa shape index (κ3) is 6.38. The summed E-state index contributed by atoms with van der Waals surface area (Å²) in [5, 5.41) is 0. The molecule has 0 spiro atoms. The molecule has 3 aliphatic rings. The summed E-state index contributed by atoms with van der Waals surface area (Å²) in [5.41, 5.74) is 25.7. The Morgan fingerprint density at radius 1 is 0.438 bits per heavy atom. The lowest BCUT2D eigenvalue weighted by Gasteiger charge is -2.45. The van der Waals surface area contributed by atoms with Crippen LogP contribution in [0.3, 0.4) is 0 Å². The van der Waals surface area contributed by atoms with E-state index in [1.54, 1.807) is 0 Å². The molecule has 64 heavy (non-hydrogen) atoms. The van der Waals surface area contributed by atoms with E-state index in [0.29, 0.717) is 0 Å². The SMILES string of the molecule is Cc1cc2c3c(c1)N(c1ccc(C(C)(C)C)cc1-c1ccccc1)c1cc(-c4ccccc4)ccc1B3c1cc3c(cc1N2c1ccc(-c2ccccc2)cc1C)C(C)(C)CC3(C)C. The number of rotatable bonds is 5. The molecule has 314 valence electrons.